The first-order chi connectivity index (χ1) is 9.69. The van der Waals surface area contributed by atoms with E-state index in [2.05, 4.69) is 5.43 Å². The van der Waals surface area contributed by atoms with E-state index in [9.17, 15) is 17.6 Å². The molecule has 0 aliphatic heterocycles. The number of benzene rings is 1. The summed E-state index contributed by atoms with van der Waals surface area (Å²) in [5, 5.41) is 0. The molecule has 3 N–H and O–H groups in total. The quantitative estimate of drug-likeness (QED) is 0.462. The SMILES string of the molecule is Cc1cc(C)c(C(COCC(F)(F)C(F)F)NN)cc1C. The van der Waals surface area contributed by atoms with Crippen LogP contribution in [-0.4, -0.2) is 25.6 Å². The Balaban J connectivity index is 2.74. The molecule has 0 radical (unpaired) electrons. The van der Waals surface area contributed by atoms with Crippen molar-refractivity contribution in [3.05, 3.63) is 34.4 Å². The highest BCUT2D eigenvalue weighted by molar-refractivity contribution is 5.38. The third-order valence-corrected chi connectivity index (χ3v) is 3.36. The van der Waals surface area contributed by atoms with Crippen LogP contribution in [0.1, 0.15) is 28.3 Å². The van der Waals surface area contributed by atoms with E-state index in [0.717, 1.165) is 22.3 Å². The van der Waals surface area contributed by atoms with Crippen LogP contribution in [0.25, 0.3) is 0 Å². The van der Waals surface area contributed by atoms with E-state index in [1.54, 1.807) is 0 Å². The fourth-order valence-corrected chi connectivity index (χ4v) is 1.96. The lowest BCUT2D eigenvalue weighted by atomic mass is 9.96. The van der Waals surface area contributed by atoms with Gasteiger partial charge in [-0.15, -0.1) is 0 Å². The summed E-state index contributed by atoms with van der Waals surface area (Å²) in [6, 6.07) is 3.28. The van der Waals surface area contributed by atoms with E-state index < -0.39 is 25.0 Å². The van der Waals surface area contributed by atoms with Gasteiger partial charge in [0.2, 0.25) is 0 Å². The highest BCUT2D eigenvalue weighted by Gasteiger charge is 2.41. The van der Waals surface area contributed by atoms with Crippen molar-refractivity contribution in [3.8, 4) is 0 Å². The number of rotatable bonds is 7. The van der Waals surface area contributed by atoms with Gasteiger partial charge in [-0.3, -0.25) is 11.3 Å². The Kier molecular flexibility index (Phi) is 6.12. The Morgan fingerprint density at radius 1 is 1.14 bits per heavy atom. The largest absolute Gasteiger partial charge is 0.373 e. The van der Waals surface area contributed by atoms with Crippen molar-refractivity contribution in [3.63, 3.8) is 0 Å². The molecule has 0 fully saturated rings. The monoisotopic (exact) mass is 308 g/mol. The van der Waals surface area contributed by atoms with E-state index in [1.165, 1.54) is 0 Å². The van der Waals surface area contributed by atoms with Crippen molar-refractivity contribution in [1.82, 2.24) is 5.43 Å². The van der Waals surface area contributed by atoms with E-state index in [-0.39, 0.29) is 6.61 Å². The molecule has 3 nitrogen and oxygen atoms in total. The van der Waals surface area contributed by atoms with Crippen molar-refractivity contribution in [2.45, 2.75) is 39.2 Å². The molecule has 0 aliphatic rings. The number of aryl methyl sites for hydroxylation is 3. The Morgan fingerprint density at radius 2 is 1.71 bits per heavy atom. The molecule has 0 aliphatic carbocycles. The Hall–Kier alpha value is -1.18. The molecule has 0 aromatic heterocycles. The summed E-state index contributed by atoms with van der Waals surface area (Å²) in [7, 11) is 0. The van der Waals surface area contributed by atoms with Crippen LogP contribution < -0.4 is 11.3 Å². The first-order valence-corrected chi connectivity index (χ1v) is 6.46. The van der Waals surface area contributed by atoms with E-state index in [0.29, 0.717) is 0 Å². The maximum absolute atomic E-state index is 12.8. The molecule has 21 heavy (non-hydrogen) atoms. The summed E-state index contributed by atoms with van der Waals surface area (Å²) in [6.45, 7) is 4.17. The second kappa shape index (κ2) is 7.20. The van der Waals surface area contributed by atoms with Gasteiger partial charge in [-0.05, 0) is 43.0 Å². The van der Waals surface area contributed by atoms with Gasteiger partial charge in [0.1, 0.15) is 6.61 Å². The average molecular weight is 308 g/mol. The predicted octanol–water partition coefficient (Wildman–Crippen LogP) is 3.03. The van der Waals surface area contributed by atoms with Crippen LogP contribution >= 0.6 is 0 Å². The first-order valence-electron chi connectivity index (χ1n) is 6.46. The lowest BCUT2D eigenvalue weighted by Crippen LogP contribution is -2.36. The van der Waals surface area contributed by atoms with Gasteiger partial charge in [0.05, 0.1) is 12.6 Å². The Labute approximate surface area is 121 Å². The fourth-order valence-electron chi connectivity index (χ4n) is 1.96. The number of halogens is 4. The number of hydrogen-bond donors (Lipinski definition) is 2. The highest BCUT2D eigenvalue weighted by Crippen LogP contribution is 2.25. The zero-order valence-corrected chi connectivity index (χ0v) is 12.2. The van der Waals surface area contributed by atoms with Crippen molar-refractivity contribution in [2.75, 3.05) is 13.2 Å². The second-order valence-corrected chi connectivity index (χ2v) is 5.09. The molecule has 1 aromatic carbocycles. The average Bonchev–Trinajstić information content (AvgIpc) is 2.39. The van der Waals surface area contributed by atoms with Crippen LogP contribution in [-0.2, 0) is 4.74 Å². The van der Waals surface area contributed by atoms with Gasteiger partial charge < -0.3 is 4.74 Å². The van der Waals surface area contributed by atoms with Crippen LogP contribution in [0.5, 0.6) is 0 Å². The molecule has 0 heterocycles. The number of nitrogens with two attached hydrogens (primary N) is 1. The molecule has 0 spiro atoms. The summed E-state index contributed by atoms with van der Waals surface area (Å²) in [5.41, 5.74) is 6.29. The molecule has 0 saturated carbocycles. The van der Waals surface area contributed by atoms with Gasteiger partial charge >= 0.3 is 12.3 Å². The third kappa shape index (κ3) is 4.66. The van der Waals surface area contributed by atoms with Crippen LogP contribution in [0.4, 0.5) is 17.6 Å². The lowest BCUT2D eigenvalue weighted by Gasteiger charge is -2.22. The van der Waals surface area contributed by atoms with E-state index in [4.69, 9.17) is 10.6 Å². The minimum absolute atomic E-state index is 0.220. The Morgan fingerprint density at radius 3 is 2.24 bits per heavy atom. The topological polar surface area (TPSA) is 47.3 Å². The summed E-state index contributed by atoms with van der Waals surface area (Å²) >= 11 is 0. The minimum Gasteiger partial charge on any atom is -0.373 e. The molecule has 1 aromatic rings. The molecule has 0 saturated heterocycles. The van der Waals surface area contributed by atoms with Gasteiger partial charge in [0.25, 0.3) is 0 Å². The first kappa shape index (κ1) is 17.9. The molecule has 0 amide bonds. The van der Waals surface area contributed by atoms with E-state index >= 15 is 0 Å². The molecule has 120 valence electrons. The second-order valence-electron chi connectivity index (χ2n) is 5.09. The summed E-state index contributed by atoms with van der Waals surface area (Å²) in [6.07, 6.45) is -3.75. The molecule has 1 rings (SSSR count). The van der Waals surface area contributed by atoms with Crippen molar-refractivity contribution >= 4 is 0 Å². The normalized spacial score (nSPS) is 13.8. The summed E-state index contributed by atoms with van der Waals surface area (Å²) in [5.74, 6) is 1.25. The van der Waals surface area contributed by atoms with Crippen molar-refractivity contribution < 1.29 is 22.3 Å². The highest BCUT2D eigenvalue weighted by atomic mass is 19.3. The number of nitrogens with one attached hydrogen (secondary N) is 1. The molecule has 7 heteroatoms. The molecule has 1 unspecified atom stereocenters. The van der Waals surface area contributed by atoms with Crippen molar-refractivity contribution in [1.29, 1.82) is 0 Å². The summed E-state index contributed by atoms with van der Waals surface area (Å²) in [4.78, 5) is 0. The van der Waals surface area contributed by atoms with Crippen LogP contribution in [0.15, 0.2) is 12.1 Å². The lowest BCUT2D eigenvalue weighted by molar-refractivity contribution is -0.167. The van der Waals surface area contributed by atoms with Gasteiger partial charge in [0, 0.05) is 0 Å². The molecule has 1 atom stereocenters. The number of hydrogen-bond acceptors (Lipinski definition) is 3. The third-order valence-electron chi connectivity index (χ3n) is 3.36. The molecular weight excluding hydrogens is 288 g/mol. The van der Waals surface area contributed by atoms with Crippen LogP contribution in [0.3, 0.4) is 0 Å². The van der Waals surface area contributed by atoms with Gasteiger partial charge in [-0.1, -0.05) is 12.1 Å². The molecule has 0 bridgehead atoms. The van der Waals surface area contributed by atoms with Crippen LogP contribution in [0, 0.1) is 20.8 Å². The van der Waals surface area contributed by atoms with Gasteiger partial charge in [0.15, 0.2) is 0 Å². The fraction of sp³-hybridized carbons (Fsp3) is 0.571. The number of hydrazine groups is 1. The minimum atomic E-state index is -4.16. The molecular formula is C14H20F4N2O. The maximum atomic E-state index is 12.8. The van der Waals surface area contributed by atoms with Gasteiger partial charge in [-0.2, -0.15) is 8.78 Å². The smallest absolute Gasteiger partial charge is 0.330 e. The number of alkyl halides is 4. The van der Waals surface area contributed by atoms with Crippen molar-refractivity contribution in [2.24, 2.45) is 5.84 Å². The summed E-state index contributed by atoms with van der Waals surface area (Å²) < 4.78 is 54.3. The zero-order chi connectivity index (χ0) is 16.2. The Bertz CT molecular complexity index is 480. The maximum Gasteiger partial charge on any atom is 0.330 e. The van der Waals surface area contributed by atoms with E-state index in [1.807, 2.05) is 32.9 Å². The van der Waals surface area contributed by atoms with Gasteiger partial charge in [-0.25, -0.2) is 8.78 Å². The number of ether oxygens (including phenoxy) is 1. The van der Waals surface area contributed by atoms with Crippen LogP contribution in [0.2, 0.25) is 0 Å². The predicted molar refractivity (Wildman–Crippen MR) is 72.5 cm³/mol. The standard InChI is InChI=1S/C14H20F4N2O/c1-8-4-10(3)11(5-9(8)2)12(20-19)6-21-7-14(17,18)13(15)16/h4-5,12-13,20H,6-7,19H2,1-3H3. The zero-order valence-electron chi connectivity index (χ0n) is 12.2.